The molecule has 2 N–H and O–H groups in total. The average molecular weight is 563 g/mol. The minimum Gasteiger partial charge on any atom is -0.494 e. The number of carbonyl (C=O) groups is 2. The first-order valence-corrected chi connectivity index (χ1v) is 12.8. The highest BCUT2D eigenvalue weighted by atomic mass is 79.9. The summed E-state index contributed by atoms with van der Waals surface area (Å²) in [5.74, 6) is 0.241. The lowest BCUT2D eigenvalue weighted by Gasteiger charge is -2.17. The molecule has 3 rings (SSSR count). The van der Waals surface area contributed by atoms with Gasteiger partial charge in [-0.3, -0.25) is 9.36 Å². The Bertz CT molecular complexity index is 1140. The van der Waals surface area contributed by atoms with Crippen LogP contribution in [0.1, 0.15) is 26.6 Å². The Labute approximate surface area is 216 Å². The first-order valence-electron chi connectivity index (χ1n) is 11.0. The summed E-state index contributed by atoms with van der Waals surface area (Å²) in [5, 5.41) is 20.9. The molecule has 0 radical (unpaired) electrons. The number of thioether (sulfide) groups is 1. The second-order valence-corrected chi connectivity index (χ2v) is 9.68. The molecule has 1 aromatic heterocycles. The molecule has 0 aliphatic heterocycles. The number of rotatable bonds is 12. The number of benzene rings is 2. The molecule has 0 bridgehead atoms. The van der Waals surface area contributed by atoms with Crippen LogP contribution in [0.5, 0.6) is 11.5 Å². The van der Waals surface area contributed by atoms with Crippen LogP contribution in [0.3, 0.4) is 0 Å². The van der Waals surface area contributed by atoms with Crippen molar-refractivity contribution >= 4 is 39.6 Å². The lowest BCUT2D eigenvalue weighted by molar-refractivity contribution is -0.142. The summed E-state index contributed by atoms with van der Waals surface area (Å²) in [7, 11) is 0. The highest BCUT2D eigenvalue weighted by molar-refractivity contribution is 9.10. The monoisotopic (exact) mass is 562 g/mol. The number of carboxylic acids is 1. The minimum atomic E-state index is -1.07. The largest absolute Gasteiger partial charge is 0.494 e. The van der Waals surface area contributed by atoms with E-state index in [1.54, 1.807) is 13.8 Å². The number of ether oxygens (including phenoxy) is 2. The fraction of sp³-hybridized carbons (Fsp3) is 0.333. The van der Waals surface area contributed by atoms with Crippen LogP contribution in [-0.2, 0) is 16.2 Å². The number of halogens is 1. The van der Waals surface area contributed by atoms with Crippen molar-refractivity contribution in [1.29, 1.82) is 0 Å². The topological polar surface area (TPSA) is 116 Å². The van der Waals surface area contributed by atoms with Gasteiger partial charge in [0, 0.05) is 10.2 Å². The van der Waals surface area contributed by atoms with E-state index in [4.69, 9.17) is 9.47 Å². The summed E-state index contributed by atoms with van der Waals surface area (Å²) in [4.78, 5) is 23.8. The van der Waals surface area contributed by atoms with Gasteiger partial charge in [0.2, 0.25) is 5.91 Å². The van der Waals surface area contributed by atoms with Crippen LogP contribution in [0.2, 0.25) is 0 Å². The zero-order valence-corrected chi connectivity index (χ0v) is 22.0. The maximum Gasteiger partial charge on any atom is 0.326 e. The van der Waals surface area contributed by atoms with Gasteiger partial charge in [0.1, 0.15) is 24.1 Å². The smallest absolute Gasteiger partial charge is 0.326 e. The van der Waals surface area contributed by atoms with Gasteiger partial charge in [-0.05, 0) is 61.4 Å². The lowest BCUT2D eigenvalue weighted by Crippen LogP contribution is -2.45. The third-order valence-corrected chi connectivity index (χ3v) is 6.33. The van der Waals surface area contributed by atoms with E-state index in [2.05, 4.69) is 31.4 Å². The maximum absolute atomic E-state index is 12.4. The van der Waals surface area contributed by atoms with Gasteiger partial charge in [-0.15, -0.1) is 10.2 Å². The van der Waals surface area contributed by atoms with E-state index < -0.39 is 17.9 Å². The fourth-order valence-corrected chi connectivity index (χ4v) is 4.19. The molecule has 186 valence electrons. The second-order valence-electron chi connectivity index (χ2n) is 7.82. The fourth-order valence-electron chi connectivity index (χ4n) is 3.14. The molecular weight excluding hydrogens is 536 g/mol. The number of aromatic nitrogens is 3. The maximum atomic E-state index is 12.4. The molecule has 0 saturated heterocycles. The Kier molecular flexibility index (Phi) is 9.55. The molecule has 1 amide bonds. The third-order valence-electron chi connectivity index (χ3n) is 4.87. The molecule has 0 saturated carbocycles. The molecular formula is C24H27BrN4O5S. The highest BCUT2D eigenvalue weighted by Crippen LogP contribution is 2.25. The van der Waals surface area contributed by atoms with Crippen LogP contribution in [0.4, 0.5) is 0 Å². The molecule has 1 atom stereocenters. The van der Waals surface area contributed by atoms with Crippen LogP contribution in [0.15, 0.2) is 58.2 Å². The SMILES string of the molecule is CCOc1ccc(-n2c(COc3ccc(Br)cc3)nnc2SCC(=O)N[C@@H](C(=O)O)C(C)C)cc1. The van der Waals surface area contributed by atoms with Gasteiger partial charge in [0.15, 0.2) is 11.0 Å². The molecule has 0 aliphatic carbocycles. The summed E-state index contributed by atoms with van der Waals surface area (Å²) < 4.78 is 14.2. The van der Waals surface area contributed by atoms with Crippen molar-refractivity contribution in [2.24, 2.45) is 5.92 Å². The number of nitrogens with one attached hydrogen (secondary N) is 1. The summed E-state index contributed by atoms with van der Waals surface area (Å²) in [6, 6.07) is 13.9. The number of hydrogen-bond acceptors (Lipinski definition) is 7. The molecule has 0 spiro atoms. The summed E-state index contributed by atoms with van der Waals surface area (Å²) >= 11 is 4.57. The average Bonchev–Trinajstić information content (AvgIpc) is 3.24. The molecule has 0 fully saturated rings. The van der Waals surface area contributed by atoms with E-state index in [9.17, 15) is 14.7 Å². The van der Waals surface area contributed by atoms with Crippen molar-refractivity contribution in [2.45, 2.75) is 38.6 Å². The van der Waals surface area contributed by atoms with Crippen LogP contribution in [-0.4, -0.2) is 50.1 Å². The van der Waals surface area contributed by atoms with Gasteiger partial charge in [-0.1, -0.05) is 41.5 Å². The van der Waals surface area contributed by atoms with E-state index in [-0.39, 0.29) is 18.3 Å². The van der Waals surface area contributed by atoms with E-state index in [1.165, 1.54) is 11.8 Å². The number of aliphatic carboxylic acids is 1. The molecule has 35 heavy (non-hydrogen) atoms. The van der Waals surface area contributed by atoms with E-state index in [1.807, 2.05) is 60.0 Å². The zero-order chi connectivity index (χ0) is 25.4. The molecule has 0 aliphatic rings. The first kappa shape index (κ1) is 26.6. The zero-order valence-electron chi connectivity index (χ0n) is 19.6. The van der Waals surface area contributed by atoms with Gasteiger partial charge in [-0.2, -0.15) is 0 Å². The van der Waals surface area contributed by atoms with Gasteiger partial charge >= 0.3 is 5.97 Å². The summed E-state index contributed by atoms with van der Waals surface area (Å²) in [6.45, 7) is 6.11. The van der Waals surface area contributed by atoms with E-state index >= 15 is 0 Å². The molecule has 11 heteroatoms. The Balaban J connectivity index is 1.80. The Morgan fingerprint density at radius 1 is 1.06 bits per heavy atom. The van der Waals surface area contributed by atoms with Crippen molar-refractivity contribution in [1.82, 2.24) is 20.1 Å². The third kappa shape index (κ3) is 7.46. The normalized spacial score (nSPS) is 11.8. The van der Waals surface area contributed by atoms with Crippen LogP contribution >= 0.6 is 27.7 Å². The number of nitrogens with zero attached hydrogens (tertiary/aromatic N) is 3. The number of carboxylic acid groups (broad SMARTS) is 1. The van der Waals surface area contributed by atoms with Crippen molar-refractivity contribution in [3.8, 4) is 17.2 Å². The molecule has 3 aromatic rings. The second kappa shape index (κ2) is 12.6. The number of carbonyl (C=O) groups excluding carboxylic acids is 1. The Morgan fingerprint density at radius 2 is 1.69 bits per heavy atom. The first-order chi connectivity index (χ1) is 16.8. The highest BCUT2D eigenvalue weighted by Gasteiger charge is 2.24. The Hall–Kier alpha value is -3.05. The standard InChI is InChI=1S/C24H27BrN4O5S/c1-4-33-18-11-7-17(8-12-18)29-20(13-34-19-9-5-16(25)6-10-19)27-28-24(29)35-14-21(30)26-22(15(2)3)23(31)32/h5-12,15,22H,4,13-14H2,1-3H3,(H,26,30)(H,31,32)/t22-/m1/s1. The van der Waals surface area contributed by atoms with Gasteiger partial charge < -0.3 is 19.9 Å². The number of amides is 1. The summed E-state index contributed by atoms with van der Waals surface area (Å²) in [5.41, 5.74) is 0.779. The lowest BCUT2D eigenvalue weighted by atomic mass is 10.1. The van der Waals surface area contributed by atoms with E-state index in [0.717, 1.165) is 15.9 Å². The summed E-state index contributed by atoms with van der Waals surface area (Å²) in [6.07, 6.45) is 0. The molecule has 9 nitrogen and oxygen atoms in total. The van der Waals surface area contributed by atoms with Gasteiger partial charge in [-0.25, -0.2) is 4.79 Å². The van der Waals surface area contributed by atoms with Crippen molar-refractivity contribution in [2.75, 3.05) is 12.4 Å². The van der Waals surface area contributed by atoms with Crippen molar-refractivity contribution in [3.63, 3.8) is 0 Å². The molecule has 2 aromatic carbocycles. The van der Waals surface area contributed by atoms with Crippen LogP contribution in [0, 0.1) is 5.92 Å². The van der Waals surface area contributed by atoms with E-state index in [0.29, 0.717) is 23.3 Å². The minimum absolute atomic E-state index is 0.0147. The number of hydrogen-bond donors (Lipinski definition) is 2. The van der Waals surface area contributed by atoms with Crippen LogP contribution in [0.25, 0.3) is 5.69 Å². The Morgan fingerprint density at radius 3 is 2.29 bits per heavy atom. The predicted molar refractivity (Wildman–Crippen MR) is 136 cm³/mol. The predicted octanol–water partition coefficient (Wildman–Crippen LogP) is 4.33. The molecule has 0 unspecified atom stereocenters. The quantitative estimate of drug-likeness (QED) is 0.313. The van der Waals surface area contributed by atoms with Crippen molar-refractivity contribution in [3.05, 3.63) is 58.8 Å². The van der Waals surface area contributed by atoms with Crippen LogP contribution < -0.4 is 14.8 Å². The van der Waals surface area contributed by atoms with Gasteiger partial charge in [0.25, 0.3) is 0 Å². The van der Waals surface area contributed by atoms with Gasteiger partial charge in [0.05, 0.1) is 12.4 Å². The van der Waals surface area contributed by atoms with Crippen molar-refractivity contribution < 1.29 is 24.2 Å². The molecule has 1 heterocycles.